The number of nitrogens with zero attached hydrogens (tertiary/aromatic N) is 1. The van der Waals surface area contributed by atoms with Crippen molar-refractivity contribution in [1.29, 1.82) is 0 Å². The summed E-state index contributed by atoms with van der Waals surface area (Å²) in [7, 11) is 1.57. The molecule has 134 valence electrons. The van der Waals surface area contributed by atoms with Gasteiger partial charge in [-0.3, -0.25) is 4.79 Å². The molecule has 0 saturated carbocycles. The number of thiazole rings is 1. The number of carbonyl (C=O) groups excluding carboxylic acids is 2. The molecule has 1 aromatic carbocycles. The van der Waals surface area contributed by atoms with Gasteiger partial charge >= 0.3 is 5.97 Å². The highest BCUT2D eigenvalue weighted by atomic mass is 32.1. The third kappa shape index (κ3) is 4.27. The highest BCUT2D eigenvalue weighted by molar-refractivity contribution is 7.20. The number of hydrogen-bond donors (Lipinski definition) is 1. The van der Waals surface area contributed by atoms with E-state index in [1.54, 1.807) is 48.1 Å². The monoisotopic (exact) mass is 388 g/mol. The van der Waals surface area contributed by atoms with Gasteiger partial charge in [-0.2, -0.15) is 0 Å². The lowest BCUT2D eigenvalue weighted by Crippen LogP contribution is -2.30. The molecular formula is C18H16N2O4S2. The Hall–Kier alpha value is -2.71. The minimum absolute atomic E-state index is 0.197. The van der Waals surface area contributed by atoms with Crippen molar-refractivity contribution in [2.45, 2.75) is 13.0 Å². The van der Waals surface area contributed by atoms with Gasteiger partial charge in [-0.25, -0.2) is 9.78 Å². The van der Waals surface area contributed by atoms with E-state index in [1.807, 2.05) is 17.5 Å². The molecule has 6 nitrogen and oxygen atoms in total. The fourth-order valence-corrected chi connectivity index (χ4v) is 3.68. The third-order valence-corrected chi connectivity index (χ3v) is 5.34. The summed E-state index contributed by atoms with van der Waals surface area (Å²) in [5.74, 6) is -0.355. The number of aromatic nitrogens is 1. The van der Waals surface area contributed by atoms with Crippen LogP contribution in [0.5, 0.6) is 5.75 Å². The van der Waals surface area contributed by atoms with Gasteiger partial charge in [0.25, 0.3) is 5.91 Å². The summed E-state index contributed by atoms with van der Waals surface area (Å²) < 4.78 is 10.3. The maximum absolute atomic E-state index is 12.2. The van der Waals surface area contributed by atoms with Crippen LogP contribution in [0.3, 0.4) is 0 Å². The Kier molecular flexibility index (Phi) is 5.65. The summed E-state index contributed by atoms with van der Waals surface area (Å²) in [5, 5.41) is 7.02. The molecule has 2 heterocycles. The van der Waals surface area contributed by atoms with Crippen molar-refractivity contribution in [2.75, 3.05) is 12.4 Å². The van der Waals surface area contributed by atoms with Crippen molar-refractivity contribution in [1.82, 2.24) is 4.98 Å². The quantitative estimate of drug-likeness (QED) is 0.644. The predicted octanol–water partition coefficient (Wildman–Crippen LogP) is 4.06. The van der Waals surface area contributed by atoms with Crippen LogP contribution in [-0.4, -0.2) is 30.1 Å². The Bertz CT molecular complexity index is 888. The SMILES string of the molecule is COc1ccc(NC(=O)[C@H](C)OC(=O)c2csc(-c3cccs3)n2)cc1. The van der Waals surface area contributed by atoms with Crippen molar-refractivity contribution in [3.63, 3.8) is 0 Å². The van der Waals surface area contributed by atoms with Gasteiger partial charge in [0, 0.05) is 11.1 Å². The maximum atomic E-state index is 12.2. The van der Waals surface area contributed by atoms with Gasteiger partial charge in [0.05, 0.1) is 12.0 Å². The van der Waals surface area contributed by atoms with Crippen molar-refractivity contribution in [2.24, 2.45) is 0 Å². The van der Waals surface area contributed by atoms with E-state index >= 15 is 0 Å². The second-order valence-corrected chi connectivity index (χ2v) is 7.09. The molecule has 26 heavy (non-hydrogen) atoms. The highest BCUT2D eigenvalue weighted by Crippen LogP contribution is 2.28. The molecule has 0 unspecified atom stereocenters. The zero-order valence-corrected chi connectivity index (χ0v) is 15.7. The molecule has 0 aliphatic carbocycles. The second-order valence-electron chi connectivity index (χ2n) is 5.28. The first-order valence-corrected chi connectivity index (χ1v) is 9.48. The van der Waals surface area contributed by atoms with E-state index in [0.29, 0.717) is 11.4 Å². The van der Waals surface area contributed by atoms with Gasteiger partial charge in [0.15, 0.2) is 11.8 Å². The molecule has 2 aromatic heterocycles. The number of nitrogens with one attached hydrogen (secondary N) is 1. The first-order valence-electron chi connectivity index (χ1n) is 7.72. The molecule has 1 atom stereocenters. The Morgan fingerprint density at radius 2 is 1.92 bits per heavy atom. The van der Waals surface area contributed by atoms with Gasteiger partial charge in [-0.15, -0.1) is 22.7 Å². The van der Waals surface area contributed by atoms with Gasteiger partial charge in [-0.1, -0.05) is 6.07 Å². The molecule has 0 bridgehead atoms. The number of amides is 1. The molecular weight excluding hydrogens is 372 g/mol. The molecule has 3 aromatic rings. The Labute approximate surface area is 158 Å². The Morgan fingerprint density at radius 1 is 1.15 bits per heavy atom. The van der Waals surface area contributed by atoms with Crippen molar-refractivity contribution < 1.29 is 19.1 Å². The average Bonchev–Trinajstić information content (AvgIpc) is 3.33. The van der Waals surface area contributed by atoms with Crippen LogP contribution in [0.2, 0.25) is 0 Å². The largest absolute Gasteiger partial charge is 0.497 e. The molecule has 0 aliphatic rings. The predicted molar refractivity (Wildman–Crippen MR) is 102 cm³/mol. The first-order chi connectivity index (χ1) is 12.6. The van der Waals surface area contributed by atoms with E-state index in [9.17, 15) is 9.59 Å². The van der Waals surface area contributed by atoms with E-state index in [0.717, 1.165) is 9.88 Å². The van der Waals surface area contributed by atoms with Gasteiger partial charge in [0.1, 0.15) is 10.8 Å². The van der Waals surface area contributed by atoms with Crippen LogP contribution >= 0.6 is 22.7 Å². The maximum Gasteiger partial charge on any atom is 0.358 e. The molecule has 3 rings (SSSR count). The number of benzene rings is 1. The summed E-state index contributed by atoms with van der Waals surface area (Å²) in [6.45, 7) is 1.52. The lowest BCUT2D eigenvalue weighted by Gasteiger charge is -2.13. The standard InChI is InChI=1S/C18H16N2O4S2/c1-11(16(21)19-12-5-7-13(23-2)8-6-12)24-18(22)14-10-26-17(20-14)15-4-3-9-25-15/h3-11H,1-2H3,(H,19,21)/t11-/m0/s1. The molecule has 0 saturated heterocycles. The number of esters is 1. The van der Waals surface area contributed by atoms with E-state index in [-0.39, 0.29) is 5.69 Å². The van der Waals surface area contributed by atoms with E-state index in [1.165, 1.54) is 18.3 Å². The first kappa shape index (κ1) is 18.1. The lowest BCUT2D eigenvalue weighted by molar-refractivity contribution is -0.123. The van der Waals surface area contributed by atoms with Crippen molar-refractivity contribution in [3.8, 4) is 15.6 Å². The number of thiophene rings is 1. The number of hydrogen-bond acceptors (Lipinski definition) is 7. The summed E-state index contributed by atoms with van der Waals surface area (Å²) in [6.07, 6.45) is -0.948. The van der Waals surface area contributed by atoms with Crippen LogP contribution in [0.15, 0.2) is 47.2 Å². The zero-order valence-electron chi connectivity index (χ0n) is 14.1. The van der Waals surface area contributed by atoms with E-state index in [4.69, 9.17) is 9.47 Å². The minimum Gasteiger partial charge on any atom is -0.497 e. The van der Waals surface area contributed by atoms with Crippen LogP contribution < -0.4 is 10.1 Å². The molecule has 0 fully saturated rings. The molecule has 8 heteroatoms. The van der Waals surface area contributed by atoms with Crippen LogP contribution in [0.1, 0.15) is 17.4 Å². The number of methoxy groups -OCH3 is 1. The summed E-state index contributed by atoms with van der Waals surface area (Å²) in [6, 6.07) is 10.7. The van der Waals surface area contributed by atoms with Crippen molar-refractivity contribution >= 4 is 40.2 Å². The smallest absolute Gasteiger partial charge is 0.358 e. The van der Waals surface area contributed by atoms with E-state index < -0.39 is 18.0 Å². The van der Waals surface area contributed by atoms with Crippen LogP contribution in [0.4, 0.5) is 5.69 Å². The Morgan fingerprint density at radius 3 is 2.58 bits per heavy atom. The Balaban J connectivity index is 1.58. The van der Waals surface area contributed by atoms with Crippen molar-refractivity contribution in [3.05, 3.63) is 52.9 Å². The van der Waals surface area contributed by atoms with Crippen LogP contribution in [0, 0.1) is 0 Å². The number of ether oxygens (including phenoxy) is 2. The van der Waals surface area contributed by atoms with Crippen LogP contribution in [-0.2, 0) is 9.53 Å². The van der Waals surface area contributed by atoms with Crippen LogP contribution in [0.25, 0.3) is 9.88 Å². The molecule has 1 N–H and O–H groups in total. The number of carbonyl (C=O) groups is 2. The zero-order chi connectivity index (χ0) is 18.5. The molecule has 0 radical (unpaired) electrons. The minimum atomic E-state index is -0.948. The second kappa shape index (κ2) is 8.11. The van der Waals surface area contributed by atoms with Gasteiger partial charge in [0.2, 0.25) is 0 Å². The molecule has 0 aliphatic heterocycles. The summed E-state index contributed by atoms with van der Waals surface area (Å²) in [4.78, 5) is 29.7. The fraction of sp³-hybridized carbons (Fsp3) is 0.167. The number of rotatable bonds is 6. The fourth-order valence-electron chi connectivity index (χ4n) is 2.07. The average molecular weight is 388 g/mol. The number of anilines is 1. The van der Waals surface area contributed by atoms with Gasteiger partial charge < -0.3 is 14.8 Å². The molecule has 1 amide bonds. The lowest BCUT2D eigenvalue weighted by atomic mass is 10.3. The normalized spacial score (nSPS) is 11.6. The summed E-state index contributed by atoms with van der Waals surface area (Å²) in [5.41, 5.74) is 0.787. The highest BCUT2D eigenvalue weighted by Gasteiger charge is 2.21. The topological polar surface area (TPSA) is 77.5 Å². The van der Waals surface area contributed by atoms with Gasteiger partial charge in [-0.05, 0) is 42.6 Å². The van der Waals surface area contributed by atoms with E-state index in [2.05, 4.69) is 10.3 Å². The molecule has 0 spiro atoms. The third-order valence-electron chi connectivity index (χ3n) is 3.46. The summed E-state index contributed by atoms with van der Waals surface area (Å²) >= 11 is 2.91.